The Labute approximate surface area is 186 Å². The predicted octanol–water partition coefficient (Wildman–Crippen LogP) is 5.11. The molecular weight excluding hydrogens is 414 g/mol. The fourth-order valence-electron chi connectivity index (χ4n) is 4.02. The topological polar surface area (TPSA) is 84.2 Å². The highest BCUT2D eigenvalue weighted by Crippen LogP contribution is 2.35. The maximum Gasteiger partial charge on any atom is 0.353 e. The van der Waals surface area contributed by atoms with Gasteiger partial charge in [-0.15, -0.1) is 0 Å². The van der Waals surface area contributed by atoms with Gasteiger partial charge in [-0.25, -0.2) is 9.97 Å². The Kier molecular flexibility index (Phi) is 6.62. The number of anilines is 2. The third-order valence-corrected chi connectivity index (χ3v) is 6.04. The molecule has 0 radical (unpaired) electrons. The molecule has 0 bridgehead atoms. The number of piperidine rings is 1. The van der Waals surface area contributed by atoms with Crippen molar-refractivity contribution in [2.24, 2.45) is 5.92 Å². The number of nitro groups is 1. The van der Waals surface area contributed by atoms with Crippen LogP contribution in [0.5, 0.6) is 0 Å². The summed E-state index contributed by atoms with van der Waals surface area (Å²) in [5.74, 6) is 1.15. The molecule has 1 saturated heterocycles. The second kappa shape index (κ2) is 9.75. The van der Waals surface area contributed by atoms with Gasteiger partial charge in [0.15, 0.2) is 0 Å². The van der Waals surface area contributed by atoms with E-state index >= 15 is 0 Å². The number of nitrogens with one attached hydrogen (secondary N) is 1. The van der Waals surface area contributed by atoms with Gasteiger partial charge in [-0.3, -0.25) is 10.1 Å². The van der Waals surface area contributed by atoms with Gasteiger partial charge in [-0.05, 0) is 42.4 Å². The molecule has 8 heteroatoms. The van der Waals surface area contributed by atoms with Gasteiger partial charge in [-0.1, -0.05) is 60.1 Å². The minimum absolute atomic E-state index is 0.0870. The molecule has 0 saturated carbocycles. The zero-order chi connectivity index (χ0) is 21.6. The first-order valence-corrected chi connectivity index (χ1v) is 10.7. The summed E-state index contributed by atoms with van der Waals surface area (Å²) in [5.41, 5.74) is 2.09. The molecule has 0 aliphatic carbocycles. The highest BCUT2D eigenvalue weighted by Gasteiger charge is 2.29. The van der Waals surface area contributed by atoms with Crippen molar-refractivity contribution in [3.05, 3.63) is 87.2 Å². The van der Waals surface area contributed by atoms with Crippen LogP contribution in [0.25, 0.3) is 0 Å². The van der Waals surface area contributed by atoms with Crippen molar-refractivity contribution in [3.8, 4) is 0 Å². The lowest BCUT2D eigenvalue weighted by Crippen LogP contribution is -2.35. The fourth-order valence-corrected chi connectivity index (χ4v) is 4.22. The van der Waals surface area contributed by atoms with Gasteiger partial charge in [0, 0.05) is 24.7 Å². The first kappa shape index (κ1) is 21.1. The van der Waals surface area contributed by atoms with E-state index in [9.17, 15) is 10.1 Å². The van der Waals surface area contributed by atoms with Crippen molar-refractivity contribution < 1.29 is 4.92 Å². The Morgan fingerprint density at radius 3 is 2.48 bits per heavy atom. The standard InChI is InChI=1S/C23H24ClN5O2/c24-20-9-5-4-8-19(20)15-25-22-21(29(30)31)23(27-16-26-22)28-12-10-18(11-13-28)14-17-6-2-1-3-7-17/h1-9,16,18H,10-15H2,(H,25,26,27). The van der Waals surface area contributed by atoms with Gasteiger partial charge in [0.2, 0.25) is 11.6 Å². The van der Waals surface area contributed by atoms with Gasteiger partial charge in [0.1, 0.15) is 6.33 Å². The lowest BCUT2D eigenvalue weighted by Gasteiger charge is -2.32. The van der Waals surface area contributed by atoms with E-state index in [0.29, 0.717) is 23.3 Å². The normalized spacial score (nSPS) is 14.4. The molecule has 0 atom stereocenters. The quantitative estimate of drug-likeness (QED) is 0.408. The van der Waals surface area contributed by atoms with E-state index in [1.54, 1.807) is 6.07 Å². The van der Waals surface area contributed by atoms with E-state index < -0.39 is 4.92 Å². The Morgan fingerprint density at radius 1 is 1.06 bits per heavy atom. The Balaban J connectivity index is 1.46. The summed E-state index contributed by atoms with van der Waals surface area (Å²) in [6.45, 7) is 1.81. The number of hydrogen-bond donors (Lipinski definition) is 1. The van der Waals surface area contributed by atoms with Gasteiger partial charge < -0.3 is 10.2 Å². The fraction of sp³-hybridized carbons (Fsp3) is 0.304. The third-order valence-electron chi connectivity index (χ3n) is 5.67. The van der Waals surface area contributed by atoms with Crippen LogP contribution >= 0.6 is 11.6 Å². The van der Waals surface area contributed by atoms with Crippen molar-refractivity contribution in [3.63, 3.8) is 0 Å². The summed E-state index contributed by atoms with van der Waals surface area (Å²) >= 11 is 6.20. The number of benzene rings is 2. The Bertz CT molecular complexity index is 1040. The van der Waals surface area contributed by atoms with E-state index in [4.69, 9.17) is 11.6 Å². The minimum Gasteiger partial charge on any atom is -0.360 e. The zero-order valence-corrected chi connectivity index (χ0v) is 17.8. The molecule has 1 aliphatic rings. The second-order valence-electron chi connectivity index (χ2n) is 7.72. The summed E-state index contributed by atoms with van der Waals surface area (Å²) in [4.78, 5) is 21.9. The van der Waals surface area contributed by atoms with Crippen LogP contribution in [0.4, 0.5) is 17.3 Å². The summed E-state index contributed by atoms with van der Waals surface area (Å²) in [5, 5.41) is 15.6. The maximum absolute atomic E-state index is 11.9. The molecule has 0 amide bonds. The number of halogens is 1. The average Bonchev–Trinajstić information content (AvgIpc) is 2.79. The van der Waals surface area contributed by atoms with Crippen LogP contribution in [0.2, 0.25) is 5.02 Å². The molecule has 2 aromatic carbocycles. The lowest BCUT2D eigenvalue weighted by molar-refractivity contribution is -0.383. The largest absolute Gasteiger partial charge is 0.360 e. The molecule has 31 heavy (non-hydrogen) atoms. The molecule has 4 rings (SSSR count). The van der Waals surface area contributed by atoms with Crippen LogP contribution in [0.3, 0.4) is 0 Å². The van der Waals surface area contributed by atoms with Gasteiger partial charge >= 0.3 is 5.69 Å². The molecule has 1 fully saturated rings. The molecule has 160 valence electrons. The minimum atomic E-state index is -0.402. The summed E-state index contributed by atoms with van der Waals surface area (Å²) in [6.07, 6.45) is 4.36. The smallest absolute Gasteiger partial charge is 0.353 e. The van der Waals surface area contributed by atoms with Crippen molar-refractivity contribution >= 4 is 28.9 Å². The van der Waals surface area contributed by atoms with E-state index in [-0.39, 0.29) is 11.5 Å². The molecule has 7 nitrogen and oxygen atoms in total. The van der Waals surface area contributed by atoms with Crippen LogP contribution in [0, 0.1) is 16.0 Å². The van der Waals surface area contributed by atoms with E-state index in [0.717, 1.165) is 37.9 Å². The molecule has 1 N–H and O–H groups in total. The number of rotatable bonds is 7. The predicted molar refractivity (Wildman–Crippen MR) is 123 cm³/mol. The maximum atomic E-state index is 11.9. The highest BCUT2D eigenvalue weighted by atomic mass is 35.5. The van der Waals surface area contributed by atoms with E-state index in [2.05, 4.69) is 39.6 Å². The number of aromatic nitrogens is 2. The van der Waals surface area contributed by atoms with Crippen LogP contribution in [0.1, 0.15) is 24.0 Å². The van der Waals surface area contributed by atoms with E-state index in [1.807, 2.05) is 29.2 Å². The zero-order valence-electron chi connectivity index (χ0n) is 17.1. The monoisotopic (exact) mass is 437 g/mol. The van der Waals surface area contributed by atoms with Crippen molar-refractivity contribution in [1.82, 2.24) is 9.97 Å². The first-order chi connectivity index (χ1) is 15.1. The molecule has 0 spiro atoms. The van der Waals surface area contributed by atoms with Crippen LogP contribution in [-0.2, 0) is 13.0 Å². The van der Waals surface area contributed by atoms with Crippen molar-refractivity contribution in [2.75, 3.05) is 23.3 Å². The van der Waals surface area contributed by atoms with Crippen molar-refractivity contribution in [2.45, 2.75) is 25.8 Å². The first-order valence-electron chi connectivity index (χ1n) is 10.4. The molecule has 1 aromatic heterocycles. The van der Waals surface area contributed by atoms with Crippen molar-refractivity contribution in [1.29, 1.82) is 0 Å². The lowest BCUT2D eigenvalue weighted by atomic mass is 9.90. The molecular formula is C23H24ClN5O2. The van der Waals surface area contributed by atoms with Gasteiger partial charge in [-0.2, -0.15) is 0 Å². The molecule has 1 aliphatic heterocycles. The van der Waals surface area contributed by atoms with Crippen LogP contribution in [-0.4, -0.2) is 28.0 Å². The second-order valence-corrected chi connectivity index (χ2v) is 8.12. The molecule has 2 heterocycles. The highest BCUT2D eigenvalue weighted by molar-refractivity contribution is 6.31. The van der Waals surface area contributed by atoms with E-state index in [1.165, 1.54) is 11.9 Å². The third kappa shape index (κ3) is 5.11. The Morgan fingerprint density at radius 2 is 1.77 bits per heavy atom. The average molecular weight is 438 g/mol. The SMILES string of the molecule is O=[N+]([O-])c1c(NCc2ccccc2Cl)ncnc1N1CCC(Cc2ccccc2)CC1. The number of hydrogen-bond acceptors (Lipinski definition) is 6. The number of nitrogens with zero attached hydrogens (tertiary/aromatic N) is 4. The van der Waals surface area contributed by atoms with Gasteiger partial charge in [0.05, 0.1) is 4.92 Å². The molecule has 0 unspecified atom stereocenters. The van der Waals surface area contributed by atoms with Gasteiger partial charge in [0.25, 0.3) is 0 Å². The summed E-state index contributed by atoms with van der Waals surface area (Å²) in [6, 6.07) is 17.8. The molecule has 3 aromatic rings. The van der Waals surface area contributed by atoms with Crippen LogP contribution < -0.4 is 10.2 Å². The summed E-state index contributed by atoms with van der Waals surface area (Å²) < 4.78 is 0. The summed E-state index contributed by atoms with van der Waals surface area (Å²) in [7, 11) is 0. The van der Waals surface area contributed by atoms with Crippen LogP contribution in [0.15, 0.2) is 60.9 Å². The Hall–Kier alpha value is -3.19.